The van der Waals surface area contributed by atoms with Gasteiger partial charge in [0.2, 0.25) is 0 Å². The van der Waals surface area contributed by atoms with E-state index >= 15 is 0 Å². The summed E-state index contributed by atoms with van der Waals surface area (Å²) < 4.78 is 1.57. The topological polar surface area (TPSA) is 50.9 Å². The minimum atomic E-state index is -0.116. The van der Waals surface area contributed by atoms with Crippen LogP contribution in [0, 0.1) is 0 Å². The van der Waals surface area contributed by atoms with Crippen molar-refractivity contribution in [3.63, 3.8) is 0 Å². The molecule has 0 aliphatic carbocycles. The lowest BCUT2D eigenvalue weighted by molar-refractivity contribution is 0.281. The maximum absolute atomic E-state index is 9.15. The second-order valence-electron chi connectivity index (χ2n) is 2.74. The van der Waals surface area contributed by atoms with Crippen molar-refractivity contribution in [2.75, 3.05) is 0 Å². The van der Waals surface area contributed by atoms with Crippen LogP contribution in [0.25, 0.3) is 5.69 Å². The molecule has 0 radical (unpaired) electrons. The van der Waals surface area contributed by atoms with E-state index in [9.17, 15) is 0 Å². The van der Waals surface area contributed by atoms with E-state index in [2.05, 4.69) is 10.1 Å². The zero-order valence-corrected chi connectivity index (χ0v) is 8.02. The fraction of sp³-hybridized carbons (Fsp3) is 0.111. The number of halogens is 1. The lowest BCUT2D eigenvalue weighted by Gasteiger charge is -2.07. The number of aliphatic hydroxyl groups is 1. The lowest BCUT2D eigenvalue weighted by Crippen LogP contribution is -2.00. The van der Waals surface area contributed by atoms with Gasteiger partial charge in [-0.2, -0.15) is 5.10 Å². The number of aliphatic hydroxyl groups excluding tert-OH is 1. The van der Waals surface area contributed by atoms with Crippen molar-refractivity contribution in [1.82, 2.24) is 14.8 Å². The highest BCUT2D eigenvalue weighted by molar-refractivity contribution is 6.31. The SMILES string of the molecule is OCc1c(Cl)cccc1-n1cncn1. The number of hydrogen-bond donors (Lipinski definition) is 1. The quantitative estimate of drug-likeness (QED) is 0.814. The Hall–Kier alpha value is -1.39. The van der Waals surface area contributed by atoms with Crippen LogP contribution in [0.15, 0.2) is 30.9 Å². The van der Waals surface area contributed by atoms with Crippen LogP contribution in [0.3, 0.4) is 0 Å². The molecule has 0 amide bonds. The van der Waals surface area contributed by atoms with E-state index in [-0.39, 0.29) is 6.61 Å². The van der Waals surface area contributed by atoms with Gasteiger partial charge >= 0.3 is 0 Å². The molecule has 2 aromatic rings. The molecule has 0 aliphatic rings. The van der Waals surface area contributed by atoms with Crippen LogP contribution in [-0.4, -0.2) is 19.9 Å². The minimum Gasteiger partial charge on any atom is -0.392 e. The Morgan fingerprint density at radius 3 is 2.93 bits per heavy atom. The highest BCUT2D eigenvalue weighted by atomic mass is 35.5. The van der Waals surface area contributed by atoms with E-state index < -0.39 is 0 Å². The van der Waals surface area contributed by atoms with Crippen molar-refractivity contribution in [2.24, 2.45) is 0 Å². The van der Waals surface area contributed by atoms with Gasteiger partial charge in [-0.15, -0.1) is 0 Å². The molecule has 72 valence electrons. The highest BCUT2D eigenvalue weighted by Crippen LogP contribution is 2.22. The molecule has 2 rings (SSSR count). The molecule has 0 aliphatic heterocycles. The average Bonchev–Trinajstić information content (AvgIpc) is 2.70. The largest absolute Gasteiger partial charge is 0.392 e. The molecular formula is C9H8ClN3O. The minimum absolute atomic E-state index is 0.116. The summed E-state index contributed by atoms with van der Waals surface area (Å²) in [6.07, 6.45) is 2.99. The van der Waals surface area contributed by atoms with E-state index in [1.165, 1.54) is 6.33 Å². The molecule has 0 fully saturated rings. The number of aromatic nitrogens is 3. The van der Waals surface area contributed by atoms with Gasteiger partial charge < -0.3 is 5.11 Å². The Bertz CT molecular complexity index is 428. The molecule has 0 spiro atoms. The molecule has 1 aromatic carbocycles. The van der Waals surface area contributed by atoms with E-state index in [4.69, 9.17) is 16.7 Å². The summed E-state index contributed by atoms with van der Waals surface area (Å²) in [5.41, 5.74) is 1.40. The molecule has 4 nitrogen and oxygen atoms in total. The molecule has 1 aromatic heterocycles. The van der Waals surface area contributed by atoms with Crippen molar-refractivity contribution in [1.29, 1.82) is 0 Å². The summed E-state index contributed by atoms with van der Waals surface area (Å²) in [5.74, 6) is 0. The van der Waals surface area contributed by atoms with Gasteiger partial charge in [-0.3, -0.25) is 0 Å². The first-order chi connectivity index (χ1) is 6.83. The number of rotatable bonds is 2. The van der Waals surface area contributed by atoms with E-state index in [0.29, 0.717) is 10.6 Å². The maximum Gasteiger partial charge on any atom is 0.138 e. The van der Waals surface area contributed by atoms with Crippen molar-refractivity contribution in [3.8, 4) is 5.69 Å². The second kappa shape index (κ2) is 3.77. The zero-order valence-electron chi connectivity index (χ0n) is 7.26. The van der Waals surface area contributed by atoms with E-state index in [1.807, 2.05) is 6.07 Å². The summed E-state index contributed by atoms with van der Waals surface area (Å²) in [4.78, 5) is 3.83. The van der Waals surface area contributed by atoms with Crippen molar-refractivity contribution < 1.29 is 5.11 Å². The van der Waals surface area contributed by atoms with Crippen LogP contribution >= 0.6 is 11.6 Å². The number of nitrogens with zero attached hydrogens (tertiary/aromatic N) is 3. The first-order valence-corrected chi connectivity index (χ1v) is 4.44. The Morgan fingerprint density at radius 2 is 2.29 bits per heavy atom. The molecular weight excluding hydrogens is 202 g/mol. The Morgan fingerprint density at radius 1 is 1.43 bits per heavy atom. The third-order valence-corrected chi connectivity index (χ3v) is 2.27. The monoisotopic (exact) mass is 209 g/mol. The van der Waals surface area contributed by atoms with Crippen LogP contribution < -0.4 is 0 Å². The zero-order chi connectivity index (χ0) is 9.97. The standard InChI is InChI=1S/C9H8ClN3O/c10-8-2-1-3-9(7(8)4-14)13-6-11-5-12-13/h1-3,5-6,14H,4H2. The first-order valence-electron chi connectivity index (χ1n) is 4.06. The fourth-order valence-electron chi connectivity index (χ4n) is 1.25. The van der Waals surface area contributed by atoms with E-state index in [1.54, 1.807) is 23.1 Å². The van der Waals surface area contributed by atoms with Gasteiger partial charge in [0, 0.05) is 10.6 Å². The molecule has 1 N–H and O–H groups in total. The third-order valence-electron chi connectivity index (χ3n) is 1.92. The number of hydrogen-bond acceptors (Lipinski definition) is 3. The van der Waals surface area contributed by atoms with Crippen LogP contribution in [0.2, 0.25) is 5.02 Å². The average molecular weight is 210 g/mol. The normalized spacial score (nSPS) is 10.4. The molecule has 5 heteroatoms. The van der Waals surface area contributed by atoms with Crippen LogP contribution in [-0.2, 0) is 6.61 Å². The van der Waals surface area contributed by atoms with Crippen molar-refractivity contribution in [2.45, 2.75) is 6.61 Å². The van der Waals surface area contributed by atoms with Crippen LogP contribution in [0.4, 0.5) is 0 Å². The molecule has 0 atom stereocenters. The first kappa shape index (κ1) is 9.18. The Kier molecular flexibility index (Phi) is 2.47. The van der Waals surface area contributed by atoms with Gasteiger partial charge in [0.15, 0.2) is 0 Å². The summed E-state index contributed by atoms with van der Waals surface area (Å²) in [5, 5.41) is 13.7. The Balaban J connectivity index is 2.58. The summed E-state index contributed by atoms with van der Waals surface area (Å²) in [6, 6.07) is 5.36. The van der Waals surface area contributed by atoms with Gasteiger partial charge in [0.25, 0.3) is 0 Å². The predicted molar refractivity (Wildman–Crippen MR) is 52.3 cm³/mol. The molecule has 0 saturated carbocycles. The summed E-state index contributed by atoms with van der Waals surface area (Å²) in [7, 11) is 0. The molecule has 0 saturated heterocycles. The van der Waals surface area contributed by atoms with Crippen LogP contribution in [0.5, 0.6) is 0 Å². The van der Waals surface area contributed by atoms with E-state index in [0.717, 1.165) is 5.69 Å². The van der Waals surface area contributed by atoms with Crippen molar-refractivity contribution in [3.05, 3.63) is 41.4 Å². The van der Waals surface area contributed by atoms with Crippen molar-refractivity contribution >= 4 is 11.6 Å². The third kappa shape index (κ3) is 1.49. The van der Waals surface area contributed by atoms with Gasteiger partial charge in [0.05, 0.1) is 12.3 Å². The highest BCUT2D eigenvalue weighted by Gasteiger charge is 2.07. The summed E-state index contributed by atoms with van der Waals surface area (Å²) in [6.45, 7) is -0.116. The Labute approximate surface area is 85.8 Å². The molecule has 14 heavy (non-hydrogen) atoms. The second-order valence-corrected chi connectivity index (χ2v) is 3.14. The fourth-order valence-corrected chi connectivity index (χ4v) is 1.48. The smallest absolute Gasteiger partial charge is 0.138 e. The van der Waals surface area contributed by atoms with Gasteiger partial charge in [-0.25, -0.2) is 9.67 Å². The number of benzene rings is 1. The lowest BCUT2D eigenvalue weighted by atomic mass is 10.2. The van der Waals surface area contributed by atoms with Gasteiger partial charge in [-0.1, -0.05) is 17.7 Å². The van der Waals surface area contributed by atoms with Crippen LogP contribution in [0.1, 0.15) is 5.56 Å². The maximum atomic E-state index is 9.15. The summed E-state index contributed by atoms with van der Waals surface area (Å²) >= 11 is 5.92. The predicted octanol–water partition coefficient (Wildman–Crippen LogP) is 1.41. The van der Waals surface area contributed by atoms with Gasteiger partial charge in [0.1, 0.15) is 12.7 Å². The molecule has 1 heterocycles. The van der Waals surface area contributed by atoms with Gasteiger partial charge in [-0.05, 0) is 12.1 Å². The molecule has 0 bridgehead atoms. The molecule has 0 unspecified atom stereocenters.